The van der Waals surface area contributed by atoms with Crippen LogP contribution in [0.15, 0.2) is 12.3 Å². The standard InChI is InChI=1S/C13H16N8OS/c1-4-20-6-5-11(16-20)14-13(22)12-9(3)21(19-15-12)7-10-8(2)17-23-18-10/h5-6H,4,7H2,1-3H3,(H,14,16,22). The molecule has 0 aromatic carbocycles. The summed E-state index contributed by atoms with van der Waals surface area (Å²) in [6, 6.07) is 1.74. The predicted molar refractivity (Wildman–Crippen MR) is 84.4 cm³/mol. The van der Waals surface area contributed by atoms with Crippen LogP contribution in [0.3, 0.4) is 0 Å². The molecule has 0 atom stereocenters. The van der Waals surface area contributed by atoms with E-state index in [0.29, 0.717) is 18.1 Å². The van der Waals surface area contributed by atoms with E-state index in [1.54, 1.807) is 28.6 Å². The maximum Gasteiger partial charge on any atom is 0.279 e. The fraction of sp³-hybridized carbons (Fsp3) is 0.385. The fourth-order valence-electron chi connectivity index (χ4n) is 2.04. The van der Waals surface area contributed by atoms with Crippen LogP contribution in [-0.2, 0) is 13.1 Å². The van der Waals surface area contributed by atoms with Crippen LogP contribution in [0.25, 0.3) is 0 Å². The summed E-state index contributed by atoms with van der Waals surface area (Å²) in [6.45, 7) is 6.85. The summed E-state index contributed by atoms with van der Waals surface area (Å²) >= 11 is 1.16. The van der Waals surface area contributed by atoms with Crippen molar-refractivity contribution >= 4 is 23.5 Å². The van der Waals surface area contributed by atoms with Crippen molar-refractivity contribution in [1.82, 2.24) is 33.5 Å². The molecule has 0 aliphatic carbocycles. The molecule has 3 heterocycles. The summed E-state index contributed by atoms with van der Waals surface area (Å²) in [6.07, 6.45) is 1.80. The zero-order valence-corrected chi connectivity index (χ0v) is 13.8. The molecule has 1 amide bonds. The average molecular weight is 332 g/mol. The topological polar surface area (TPSA) is 103 Å². The second kappa shape index (κ2) is 6.24. The number of hydrogen-bond acceptors (Lipinski definition) is 7. The van der Waals surface area contributed by atoms with Crippen molar-refractivity contribution in [3.05, 3.63) is 35.0 Å². The second-order valence-corrected chi connectivity index (χ2v) is 5.52. The Morgan fingerprint density at radius 1 is 1.35 bits per heavy atom. The lowest BCUT2D eigenvalue weighted by molar-refractivity contribution is 0.102. The number of carbonyl (C=O) groups is 1. The molecule has 0 saturated heterocycles. The highest BCUT2D eigenvalue weighted by Crippen LogP contribution is 2.12. The van der Waals surface area contributed by atoms with Crippen molar-refractivity contribution in [2.45, 2.75) is 33.9 Å². The van der Waals surface area contributed by atoms with Crippen molar-refractivity contribution in [3.63, 3.8) is 0 Å². The van der Waals surface area contributed by atoms with E-state index in [1.807, 2.05) is 13.8 Å². The van der Waals surface area contributed by atoms with Gasteiger partial charge in [-0.1, -0.05) is 5.21 Å². The zero-order chi connectivity index (χ0) is 16.4. The first-order valence-electron chi connectivity index (χ1n) is 7.11. The Hall–Kier alpha value is -2.62. The molecule has 3 aromatic heterocycles. The Kier molecular flexibility index (Phi) is 4.15. The van der Waals surface area contributed by atoms with E-state index in [-0.39, 0.29) is 11.6 Å². The zero-order valence-electron chi connectivity index (χ0n) is 13.0. The normalized spacial score (nSPS) is 10.9. The Morgan fingerprint density at radius 3 is 2.83 bits per heavy atom. The molecule has 0 aliphatic heterocycles. The van der Waals surface area contributed by atoms with Gasteiger partial charge in [-0.3, -0.25) is 9.48 Å². The maximum absolute atomic E-state index is 12.3. The van der Waals surface area contributed by atoms with Crippen LogP contribution in [0.5, 0.6) is 0 Å². The molecule has 1 N–H and O–H groups in total. The first-order chi connectivity index (χ1) is 11.1. The Labute approximate surface area is 136 Å². The number of hydrogen-bond donors (Lipinski definition) is 1. The van der Waals surface area contributed by atoms with Gasteiger partial charge in [-0.05, 0) is 20.8 Å². The van der Waals surface area contributed by atoms with Crippen LogP contribution in [0, 0.1) is 13.8 Å². The van der Waals surface area contributed by atoms with E-state index in [9.17, 15) is 4.79 Å². The smallest absolute Gasteiger partial charge is 0.279 e. The summed E-state index contributed by atoms with van der Waals surface area (Å²) in [5, 5.41) is 14.9. The average Bonchev–Trinajstić information content (AvgIpc) is 3.23. The first kappa shape index (κ1) is 15.3. The van der Waals surface area contributed by atoms with Crippen LogP contribution >= 0.6 is 11.7 Å². The quantitative estimate of drug-likeness (QED) is 0.754. The van der Waals surface area contributed by atoms with Crippen LogP contribution < -0.4 is 5.32 Å². The maximum atomic E-state index is 12.3. The molecule has 9 nitrogen and oxygen atoms in total. The summed E-state index contributed by atoms with van der Waals surface area (Å²) in [7, 11) is 0. The highest BCUT2D eigenvalue weighted by atomic mass is 32.1. The molecule has 120 valence electrons. The lowest BCUT2D eigenvalue weighted by Gasteiger charge is -2.02. The number of carbonyl (C=O) groups excluding carboxylic acids is 1. The summed E-state index contributed by atoms with van der Waals surface area (Å²) in [4.78, 5) is 12.3. The Bertz CT molecular complexity index is 833. The Morgan fingerprint density at radius 2 is 2.17 bits per heavy atom. The Balaban J connectivity index is 1.75. The molecular weight excluding hydrogens is 316 g/mol. The van der Waals surface area contributed by atoms with Crippen molar-refractivity contribution in [2.75, 3.05) is 5.32 Å². The molecule has 0 fully saturated rings. The van der Waals surface area contributed by atoms with Crippen LogP contribution in [0.2, 0.25) is 0 Å². The van der Waals surface area contributed by atoms with E-state index in [0.717, 1.165) is 29.7 Å². The monoisotopic (exact) mass is 332 g/mol. The van der Waals surface area contributed by atoms with Gasteiger partial charge in [-0.15, -0.1) is 5.10 Å². The lowest BCUT2D eigenvalue weighted by atomic mass is 10.3. The molecule has 0 unspecified atom stereocenters. The van der Waals surface area contributed by atoms with Crippen LogP contribution in [0.1, 0.15) is 34.5 Å². The van der Waals surface area contributed by atoms with Gasteiger partial charge in [0, 0.05) is 18.8 Å². The van der Waals surface area contributed by atoms with Gasteiger partial charge in [0.1, 0.15) is 0 Å². The van der Waals surface area contributed by atoms with Gasteiger partial charge in [0.15, 0.2) is 11.5 Å². The molecule has 0 aliphatic rings. The lowest BCUT2D eigenvalue weighted by Crippen LogP contribution is -2.15. The third kappa shape index (κ3) is 3.11. The highest BCUT2D eigenvalue weighted by Gasteiger charge is 2.18. The van der Waals surface area contributed by atoms with Crippen molar-refractivity contribution in [3.8, 4) is 0 Å². The number of anilines is 1. The number of nitrogens with one attached hydrogen (secondary N) is 1. The van der Waals surface area contributed by atoms with E-state index in [4.69, 9.17) is 0 Å². The van der Waals surface area contributed by atoms with E-state index < -0.39 is 0 Å². The number of rotatable bonds is 5. The molecule has 23 heavy (non-hydrogen) atoms. The summed E-state index contributed by atoms with van der Waals surface area (Å²) in [5.74, 6) is 0.161. The minimum atomic E-state index is -0.330. The third-order valence-corrected chi connectivity index (χ3v) is 4.11. The molecule has 0 saturated carbocycles. The number of aromatic nitrogens is 7. The van der Waals surface area contributed by atoms with Crippen LogP contribution in [0.4, 0.5) is 5.82 Å². The molecule has 3 rings (SSSR count). The fourth-order valence-corrected chi connectivity index (χ4v) is 2.59. The minimum Gasteiger partial charge on any atom is -0.304 e. The van der Waals surface area contributed by atoms with E-state index >= 15 is 0 Å². The third-order valence-electron chi connectivity index (χ3n) is 3.45. The van der Waals surface area contributed by atoms with Crippen molar-refractivity contribution in [1.29, 1.82) is 0 Å². The second-order valence-electron chi connectivity index (χ2n) is 4.99. The molecular formula is C13H16N8OS. The molecule has 10 heteroatoms. The van der Waals surface area contributed by atoms with Gasteiger partial charge in [0.2, 0.25) is 0 Å². The van der Waals surface area contributed by atoms with E-state index in [1.165, 1.54) is 0 Å². The van der Waals surface area contributed by atoms with E-state index in [2.05, 4.69) is 29.5 Å². The minimum absolute atomic E-state index is 0.275. The largest absolute Gasteiger partial charge is 0.304 e. The number of amides is 1. The molecule has 3 aromatic rings. The predicted octanol–water partition coefficient (Wildman–Crippen LogP) is 1.26. The number of aryl methyl sites for hydroxylation is 2. The van der Waals surface area contributed by atoms with Gasteiger partial charge in [0.05, 0.1) is 35.4 Å². The van der Waals surface area contributed by atoms with Gasteiger partial charge in [-0.2, -0.15) is 13.8 Å². The highest BCUT2D eigenvalue weighted by molar-refractivity contribution is 6.99. The van der Waals surface area contributed by atoms with Gasteiger partial charge in [-0.25, -0.2) is 4.68 Å². The first-order valence-corrected chi connectivity index (χ1v) is 7.84. The summed E-state index contributed by atoms with van der Waals surface area (Å²) < 4.78 is 11.7. The van der Waals surface area contributed by atoms with Gasteiger partial charge >= 0.3 is 0 Å². The number of nitrogens with zero attached hydrogens (tertiary/aromatic N) is 7. The summed E-state index contributed by atoms with van der Waals surface area (Å²) in [5.41, 5.74) is 2.64. The molecule has 0 radical (unpaired) electrons. The van der Waals surface area contributed by atoms with Crippen molar-refractivity contribution < 1.29 is 4.79 Å². The molecule has 0 spiro atoms. The van der Waals surface area contributed by atoms with Crippen molar-refractivity contribution in [2.24, 2.45) is 0 Å². The van der Waals surface area contributed by atoms with Crippen LogP contribution in [-0.4, -0.2) is 39.4 Å². The van der Waals surface area contributed by atoms with Gasteiger partial charge in [0.25, 0.3) is 5.91 Å². The van der Waals surface area contributed by atoms with Gasteiger partial charge < -0.3 is 5.32 Å². The SMILES string of the molecule is CCn1ccc(NC(=O)c2nnn(Cc3nsnc3C)c2C)n1. The molecule has 0 bridgehead atoms.